The molecule has 1 atom stereocenters. The van der Waals surface area contributed by atoms with Gasteiger partial charge < -0.3 is 19.9 Å². The maximum absolute atomic E-state index is 12.4. The first-order valence-corrected chi connectivity index (χ1v) is 8.67. The quantitative estimate of drug-likeness (QED) is 0.444. The van der Waals surface area contributed by atoms with Crippen LogP contribution >= 0.6 is 0 Å². The minimum absolute atomic E-state index is 0.00205. The summed E-state index contributed by atoms with van der Waals surface area (Å²) in [6, 6.07) is 11.8. The minimum Gasteiger partial charge on any atom is -0.466 e. The highest BCUT2D eigenvalue weighted by atomic mass is 16.6. The summed E-state index contributed by atoms with van der Waals surface area (Å²) in [7, 11) is 1.22. The van der Waals surface area contributed by atoms with E-state index in [1.807, 2.05) is 0 Å². The van der Waals surface area contributed by atoms with Crippen LogP contribution in [0.1, 0.15) is 34.0 Å². The first-order valence-electron chi connectivity index (χ1n) is 8.67. The topological polar surface area (TPSA) is 105 Å². The molecule has 0 saturated carbocycles. The van der Waals surface area contributed by atoms with Crippen molar-refractivity contribution in [1.82, 2.24) is 0 Å². The van der Waals surface area contributed by atoms with Gasteiger partial charge in [-0.3, -0.25) is 4.79 Å². The van der Waals surface area contributed by atoms with Gasteiger partial charge in [-0.1, -0.05) is 24.3 Å². The van der Waals surface area contributed by atoms with Crippen molar-refractivity contribution in [3.8, 4) is 0 Å². The van der Waals surface area contributed by atoms with Crippen molar-refractivity contribution in [2.24, 2.45) is 0 Å². The molecule has 0 unspecified atom stereocenters. The Morgan fingerprint density at radius 1 is 1.07 bits per heavy atom. The zero-order chi connectivity index (χ0) is 20.7. The van der Waals surface area contributed by atoms with E-state index in [9.17, 15) is 14.4 Å². The summed E-state index contributed by atoms with van der Waals surface area (Å²) in [5.74, 6) is -1.75. The smallest absolute Gasteiger partial charge is 0.347 e. The Kier molecular flexibility index (Phi) is 7.14. The van der Waals surface area contributed by atoms with Gasteiger partial charge in [0.05, 0.1) is 12.7 Å². The number of hydrogen-bond acceptors (Lipinski definition) is 7. The number of carbonyl (C=O) groups is 3. The highest BCUT2D eigenvalue weighted by Crippen LogP contribution is 2.24. The summed E-state index contributed by atoms with van der Waals surface area (Å²) < 4.78 is 15.3. The van der Waals surface area contributed by atoms with Crippen LogP contribution in [0.4, 0.5) is 5.69 Å². The predicted molar refractivity (Wildman–Crippen MR) is 102 cm³/mol. The second-order valence-electron chi connectivity index (χ2n) is 6.18. The molecule has 2 aromatic rings. The number of nitrogen functional groups attached to an aromatic ring is 1. The summed E-state index contributed by atoms with van der Waals surface area (Å²) in [5.41, 5.74) is 8.88. The lowest BCUT2D eigenvalue weighted by molar-refractivity contribution is -0.151. The molecule has 28 heavy (non-hydrogen) atoms. The van der Waals surface area contributed by atoms with Gasteiger partial charge in [0.15, 0.2) is 0 Å². The normalized spacial score (nSPS) is 11.4. The van der Waals surface area contributed by atoms with Crippen molar-refractivity contribution < 1.29 is 28.6 Å². The Morgan fingerprint density at radius 3 is 2.36 bits per heavy atom. The standard InChI is InChI=1S/C21H23NO6/c1-13-17(12-27-14(2)23)16(9-10-18(13)22)11-19(21(25)26-3)28-20(24)15-7-5-4-6-8-15/h4-10,19H,11-12,22H2,1-3H3/t19-/m1/s1. The van der Waals surface area contributed by atoms with E-state index in [4.69, 9.17) is 19.9 Å². The second kappa shape index (κ2) is 9.55. The monoisotopic (exact) mass is 385 g/mol. The van der Waals surface area contributed by atoms with Crippen molar-refractivity contribution in [3.05, 3.63) is 64.7 Å². The van der Waals surface area contributed by atoms with Crippen molar-refractivity contribution in [3.63, 3.8) is 0 Å². The third-order valence-corrected chi connectivity index (χ3v) is 4.29. The van der Waals surface area contributed by atoms with E-state index in [2.05, 4.69) is 0 Å². The van der Waals surface area contributed by atoms with Crippen LogP contribution in [0, 0.1) is 6.92 Å². The number of benzene rings is 2. The van der Waals surface area contributed by atoms with Crippen molar-refractivity contribution in [1.29, 1.82) is 0 Å². The molecule has 0 aromatic heterocycles. The number of methoxy groups -OCH3 is 1. The number of hydrogen-bond donors (Lipinski definition) is 1. The van der Waals surface area contributed by atoms with Crippen LogP contribution in [-0.4, -0.2) is 31.1 Å². The van der Waals surface area contributed by atoms with E-state index in [0.29, 0.717) is 22.4 Å². The fraction of sp³-hybridized carbons (Fsp3) is 0.286. The Bertz CT molecular complexity index is 863. The molecule has 0 aliphatic carbocycles. The molecule has 0 spiro atoms. The van der Waals surface area contributed by atoms with Crippen molar-refractivity contribution in [2.45, 2.75) is 33.0 Å². The maximum Gasteiger partial charge on any atom is 0.347 e. The van der Waals surface area contributed by atoms with Crippen LogP contribution in [0.3, 0.4) is 0 Å². The molecule has 0 amide bonds. The fourth-order valence-corrected chi connectivity index (χ4v) is 2.67. The summed E-state index contributed by atoms with van der Waals surface area (Å²) in [5, 5.41) is 0. The Labute approximate surface area is 163 Å². The largest absolute Gasteiger partial charge is 0.466 e. The van der Waals surface area contributed by atoms with Gasteiger partial charge in [-0.25, -0.2) is 9.59 Å². The molecule has 7 heteroatoms. The molecule has 0 heterocycles. The summed E-state index contributed by atoms with van der Waals surface area (Å²) in [4.78, 5) is 35.8. The van der Waals surface area contributed by atoms with Crippen LogP contribution < -0.4 is 5.73 Å². The van der Waals surface area contributed by atoms with Crippen molar-refractivity contribution >= 4 is 23.6 Å². The Balaban J connectivity index is 2.29. The SMILES string of the molecule is COC(=O)[C@@H](Cc1ccc(N)c(C)c1COC(C)=O)OC(=O)c1ccccc1. The highest BCUT2D eigenvalue weighted by molar-refractivity contribution is 5.91. The number of ether oxygens (including phenoxy) is 3. The van der Waals surface area contributed by atoms with E-state index >= 15 is 0 Å². The van der Waals surface area contributed by atoms with E-state index in [0.717, 1.165) is 5.56 Å². The van der Waals surface area contributed by atoms with Gasteiger partial charge in [-0.15, -0.1) is 0 Å². The van der Waals surface area contributed by atoms with Crippen LogP contribution in [0.2, 0.25) is 0 Å². The molecular weight excluding hydrogens is 362 g/mol. The maximum atomic E-state index is 12.4. The lowest BCUT2D eigenvalue weighted by Gasteiger charge is -2.19. The highest BCUT2D eigenvalue weighted by Gasteiger charge is 2.26. The van der Waals surface area contributed by atoms with Gasteiger partial charge in [0.2, 0.25) is 6.10 Å². The second-order valence-corrected chi connectivity index (χ2v) is 6.18. The molecule has 2 rings (SSSR count). The van der Waals surface area contributed by atoms with Crippen LogP contribution in [-0.2, 0) is 36.8 Å². The molecule has 148 valence electrons. The van der Waals surface area contributed by atoms with Crippen molar-refractivity contribution in [2.75, 3.05) is 12.8 Å². The number of anilines is 1. The molecule has 0 saturated heterocycles. The van der Waals surface area contributed by atoms with Gasteiger partial charge in [0.25, 0.3) is 0 Å². The summed E-state index contributed by atoms with van der Waals surface area (Å²) in [6.45, 7) is 3.10. The first-order chi connectivity index (χ1) is 13.3. The first kappa shape index (κ1) is 21.0. The minimum atomic E-state index is -1.16. The predicted octanol–water partition coefficient (Wildman–Crippen LogP) is 2.58. The summed E-state index contributed by atoms with van der Waals surface area (Å²) >= 11 is 0. The number of nitrogens with two attached hydrogens (primary N) is 1. The van der Waals surface area contributed by atoms with E-state index < -0.39 is 24.0 Å². The van der Waals surface area contributed by atoms with Gasteiger partial charge in [0, 0.05) is 19.0 Å². The third-order valence-electron chi connectivity index (χ3n) is 4.29. The zero-order valence-corrected chi connectivity index (χ0v) is 16.1. The average Bonchev–Trinajstić information content (AvgIpc) is 2.69. The number of carbonyl (C=O) groups excluding carboxylic acids is 3. The van der Waals surface area contributed by atoms with Crippen LogP contribution in [0.15, 0.2) is 42.5 Å². The van der Waals surface area contributed by atoms with Gasteiger partial charge >= 0.3 is 17.9 Å². The zero-order valence-electron chi connectivity index (χ0n) is 16.1. The molecule has 2 aromatic carbocycles. The lowest BCUT2D eigenvalue weighted by Crippen LogP contribution is -2.31. The van der Waals surface area contributed by atoms with Crippen LogP contribution in [0.25, 0.3) is 0 Å². The molecule has 0 bridgehead atoms. The molecule has 2 N–H and O–H groups in total. The molecule has 0 fully saturated rings. The van der Waals surface area contributed by atoms with E-state index in [-0.39, 0.29) is 13.0 Å². The third kappa shape index (κ3) is 5.33. The lowest BCUT2D eigenvalue weighted by atomic mass is 9.96. The molecular formula is C21H23NO6. The Hall–Kier alpha value is -3.35. The summed E-state index contributed by atoms with van der Waals surface area (Å²) in [6.07, 6.45) is -1.10. The molecule has 7 nitrogen and oxygen atoms in total. The molecule has 0 radical (unpaired) electrons. The van der Waals surface area contributed by atoms with Gasteiger partial charge in [-0.05, 0) is 41.8 Å². The van der Waals surface area contributed by atoms with E-state index in [1.54, 1.807) is 49.4 Å². The fourth-order valence-electron chi connectivity index (χ4n) is 2.67. The van der Waals surface area contributed by atoms with Gasteiger partial charge in [-0.2, -0.15) is 0 Å². The van der Waals surface area contributed by atoms with Crippen LogP contribution in [0.5, 0.6) is 0 Å². The Morgan fingerprint density at radius 2 is 1.75 bits per heavy atom. The molecule has 0 aliphatic heterocycles. The number of rotatable bonds is 7. The molecule has 0 aliphatic rings. The van der Waals surface area contributed by atoms with Gasteiger partial charge in [0.1, 0.15) is 6.61 Å². The average molecular weight is 385 g/mol. The number of esters is 3. The van der Waals surface area contributed by atoms with E-state index in [1.165, 1.54) is 14.0 Å².